The van der Waals surface area contributed by atoms with Gasteiger partial charge in [0.05, 0.1) is 11.7 Å². The van der Waals surface area contributed by atoms with Crippen LogP contribution in [0, 0.1) is 5.92 Å². The first kappa shape index (κ1) is 15.1. The number of carbonyl (C=O) groups excluding carboxylic acids is 1. The largest absolute Gasteiger partial charge is 0.465 e. The zero-order valence-corrected chi connectivity index (χ0v) is 11.1. The van der Waals surface area contributed by atoms with Crippen LogP contribution in [-0.4, -0.2) is 39.3 Å². The first-order valence-electron chi connectivity index (χ1n) is 6.26. The van der Waals surface area contributed by atoms with E-state index in [0.717, 1.165) is 6.92 Å². The Balaban J connectivity index is 1.99. The van der Waals surface area contributed by atoms with E-state index in [2.05, 4.69) is 15.5 Å². The summed E-state index contributed by atoms with van der Waals surface area (Å²) in [5, 5.41) is 20.2. The number of rotatable bonds is 4. The van der Waals surface area contributed by atoms with Crippen molar-refractivity contribution in [2.24, 2.45) is 5.92 Å². The molecule has 2 unspecified atom stereocenters. The Kier molecular flexibility index (Phi) is 4.01. The molecule has 1 aromatic heterocycles. The van der Waals surface area contributed by atoms with Crippen molar-refractivity contribution >= 4 is 17.8 Å². The summed E-state index contributed by atoms with van der Waals surface area (Å²) in [5.41, 5.74) is 0.436. The van der Waals surface area contributed by atoms with Crippen molar-refractivity contribution in [1.29, 1.82) is 0 Å². The summed E-state index contributed by atoms with van der Waals surface area (Å²) in [4.78, 5) is 22.1. The average Bonchev–Trinajstić information content (AvgIpc) is 2.73. The van der Waals surface area contributed by atoms with Crippen LogP contribution in [0.15, 0.2) is 12.1 Å². The lowest BCUT2D eigenvalue weighted by Crippen LogP contribution is -2.39. The fourth-order valence-corrected chi connectivity index (χ4v) is 2.15. The Morgan fingerprint density at radius 3 is 2.71 bits per heavy atom. The third kappa shape index (κ3) is 3.83. The van der Waals surface area contributed by atoms with Gasteiger partial charge < -0.3 is 10.4 Å². The van der Waals surface area contributed by atoms with Crippen molar-refractivity contribution in [3.63, 3.8) is 0 Å². The number of amides is 2. The molecule has 1 aromatic rings. The first-order valence-corrected chi connectivity index (χ1v) is 6.26. The number of alkyl halides is 2. The Hall–Kier alpha value is -2.32. The molecule has 0 spiro atoms. The summed E-state index contributed by atoms with van der Waals surface area (Å²) in [7, 11) is 0. The Bertz CT molecular complexity index is 544. The van der Waals surface area contributed by atoms with E-state index in [0.29, 0.717) is 5.69 Å². The quantitative estimate of drug-likeness (QED) is 0.776. The zero-order chi connectivity index (χ0) is 15.6. The fourth-order valence-electron chi connectivity index (χ4n) is 2.15. The highest BCUT2D eigenvalue weighted by Crippen LogP contribution is 2.29. The molecule has 0 bridgehead atoms. The van der Waals surface area contributed by atoms with E-state index in [1.54, 1.807) is 0 Å². The molecule has 2 amide bonds. The lowest BCUT2D eigenvalue weighted by Gasteiger charge is -2.17. The number of anilines is 1. The van der Waals surface area contributed by atoms with E-state index in [9.17, 15) is 18.4 Å². The van der Waals surface area contributed by atoms with E-state index in [4.69, 9.17) is 5.11 Å². The van der Waals surface area contributed by atoms with Crippen molar-refractivity contribution in [3.05, 3.63) is 17.8 Å². The van der Waals surface area contributed by atoms with Gasteiger partial charge in [0.1, 0.15) is 0 Å². The molecule has 0 aromatic carbocycles. The molecule has 3 N–H and O–H groups in total. The molecular weight excluding hydrogens is 286 g/mol. The van der Waals surface area contributed by atoms with Crippen molar-refractivity contribution in [2.75, 3.05) is 5.32 Å². The summed E-state index contributed by atoms with van der Waals surface area (Å²) in [6.07, 6.45) is -1.06. The molecule has 2 rings (SSSR count). The van der Waals surface area contributed by atoms with Gasteiger partial charge in [-0.1, -0.05) is 0 Å². The Morgan fingerprint density at radius 1 is 1.52 bits per heavy atom. The lowest BCUT2D eigenvalue weighted by atomic mass is 9.97. The number of halogens is 2. The molecule has 0 saturated carbocycles. The van der Waals surface area contributed by atoms with Crippen LogP contribution in [0.1, 0.15) is 19.0 Å². The number of carboxylic acid groups (broad SMARTS) is 1. The molecule has 2 atom stereocenters. The van der Waals surface area contributed by atoms with Gasteiger partial charge in [-0.2, -0.15) is 5.10 Å². The number of hydrogen-bond donors (Lipinski definition) is 3. The van der Waals surface area contributed by atoms with Gasteiger partial charge in [0.15, 0.2) is 5.82 Å². The highest BCUT2D eigenvalue weighted by molar-refractivity contribution is 5.82. The number of carbonyl (C=O) groups is 2. The smallest absolute Gasteiger partial charge is 0.410 e. The third-order valence-corrected chi connectivity index (χ3v) is 3.23. The minimum atomic E-state index is -2.97. The van der Waals surface area contributed by atoms with Gasteiger partial charge in [-0.3, -0.25) is 10.1 Å². The highest BCUT2D eigenvalue weighted by Gasteiger charge is 2.43. The maximum absolute atomic E-state index is 13.2. The molecule has 9 heteroatoms. The second kappa shape index (κ2) is 5.58. The molecular formula is C12H14F2N4O3. The number of nitrogens with zero attached hydrogens (tertiary/aromatic N) is 2. The maximum Gasteiger partial charge on any atom is 0.410 e. The molecule has 1 aliphatic rings. The van der Waals surface area contributed by atoms with Crippen LogP contribution in [-0.2, 0) is 11.2 Å². The molecule has 1 saturated heterocycles. The average molecular weight is 300 g/mol. The summed E-state index contributed by atoms with van der Waals surface area (Å²) in [6.45, 7) is 0.770. The maximum atomic E-state index is 13.2. The summed E-state index contributed by atoms with van der Waals surface area (Å²) in [6, 6.07) is 1.73. The monoisotopic (exact) mass is 300 g/mol. The molecule has 0 radical (unpaired) electrons. The summed E-state index contributed by atoms with van der Waals surface area (Å²) < 4.78 is 26.4. The molecule has 1 fully saturated rings. The van der Waals surface area contributed by atoms with Crippen molar-refractivity contribution in [1.82, 2.24) is 15.5 Å². The van der Waals surface area contributed by atoms with Gasteiger partial charge >= 0.3 is 6.09 Å². The van der Waals surface area contributed by atoms with Crippen LogP contribution in [0.4, 0.5) is 19.4 Å². The minimum absolute atomic E-state index is 0.0269. The van der Waals surface area contributed by atoms with Gasteiger partial charge in [-0.15, -0.1) is 5.10 Å². The lowest BCUT2D eigenvalue weighted by molar-refractivity contribution is -0.123. The Labute approximate surface area is 118 Å². The minimum Gasteiger partial charge on any atom is -0.465 e. The van der Waals surface area contributed by atoms with Gasteiger partial charge in [-0.05, 0) is 18.6 Å². The second-order valence-electron chi connectivity index (χ2n) is 4.99. The van der Waals surface area contributed by atoms with Gasteiger partial charge in [-0.25, -0.2) is 13.6 Å². The number of nitrogens with one attached hydrogen (secondary N) is 2. The molecule has 1 aliphatic heterocycles. The van der Waals surface area contributed by atoms with Crippen molar-refractivity contribution in [2.45, 2.75) is 31.7 Å². The molecule has 2 heterocycles. The zero-order valence-electron chi connectivity index (χ0n) is 11.1. The first-order chi connectivity index (χ1) is 9.75. The van der Waals surface area contributed by atoms with Crippen molar-refractivity contribution < 1.29 is 23.5 Å². The third-order valence-electron chi connectivity index (χ3n) is 3.23. The molecule has 0 aliphatic carbocycles. The molecule has 7 nitrogen and oxygen atoms in total. The van der Waals surface area contributed by atoms with Crippen LogP contribution in [0.2, 0.25) is 0 Å². The summed E-state index contributed by atoms with van der Waals surface area (Å²) >= 11 is 0. The number of hydrogen-bond acceptors (Lipinski definition) is 4. The van der Waals surface area contributed by atoms with Crippen LogP contribution >= 0.6 is 0 Å². The van der Waals surface area contributed by atoms with E-state index >= 15 is 0 Å². The second-order valence-corrected chi connectivity index (χ2v) is 4.99. The fraction of sp³-hybridized carbons (Fsp3) is 0.500. The standard InChI is InChI=1S/C12H14F2N4O3/c1-12(13,14)8-5-6(10(19)15-8)4-7-2-3-9(18-17-7)16-11(20)21/h2-3,6,8H,4-5H2,1H3,(H,15,19)(H,16,18)(H,20,21). The number of aromatic nitrogens is 2. The topological polar surface area (TPSA) is 104 Å². The van der Waals surface area contributed by atoms with Gasteiger partial charge in [0, 0.05) is 19.3 Å². The van der Waals surface area contributed by atoms with Crippen LogP contribution < -0.4 is 10.6 Å². The highest BCUT2D eigenvalue weighted by atomic mass is 19.3. The van der Waals surface area contributed by atoms with E-state index in [1.807, 2.05) is 5.32 Å². The molecule has 21 heavy (non-hydrogen) atoms. The van der Waals surface area contributed by atoms with Crippen molar-refractivity contribution in [3.8, 4) is 0 Å². The normalized spacial score (nSPS) is 22.0. The summed E-state index contributed by atoms with van der Waals surface area (Å²) in [5.74, 6) is -3.93. The van der Waals surface area contributed by atoms with E-state index in [-0.39, 0.29) is 18.7 Å². The van der Waals surface area contributed by atoms with Gasteiger partial charge in [0.2, 0.25) is 5.91 Å². The van der Waals surface area contributed by atoms with Crippen LogP contribution in [0.5, 0.6) is 0 Å². The predicted molar refractivity (Wildman–Crippen MR) is 68.0 cm³/mol. The molecule has 114 valence electrons. The SMILES string of the molecule is CC(F)(F)C1CC(Cc2ccc(NC(=O)O)nn2)C(=O)N1. The van der Waals surface area contributed by atoms with E-state index < -0.39 is 29.9 Å². The van der Waals surface area contributed by atoms with E-state index in [1.165, 1.54) is 12.1 Å². The van der Waals surface area contributed by atoms with Crippen LogP contribution in [0.25, 0.3) is 0 Å². The predicted octanol–water partition coefficient (Wildman–Crippen LogP) is 1.27. The van der Waals surface area contributed by atoms with Gasteiger partial charge in [0.25, 0.3) is 5.92 Å². The Morgan fingerprint density at radius 2 is 2.24 bits per heavy atom. The van der Waals surface area contributed by atoms with Crippen LogP contribution in [0.3, 0.4) is 0 Å².